The van der Waals surface area contributed by atoms with Crippen LogP contribution >= 0.6 is 0 Å². The van der Waals surface area contributed by atoms with Gasteiger partial charge in [0, 0.05) is 26.5 Å². The van der Waals surface area contributed by atoms with Gasteiger partial charge in [0.15, 0.2) is 0 Å². The number of fused-ring (bicyclic) bond motifs is 1. The van der Waals surface area contributed by atoms with Gasteiger partial charge in [0.25, 0.3) is 0 Å². The number of rotatable bonds is 9. The van der Waals surface area contributed by atoms with Crippen LogP contribution in [-0.4, -0.2) is 34.3 Å². The lowest BCUT2D eigenvalue weighted by molar-refractivity contribution is 0.0909. The Bertz CT molecular complexity index is 1230. The molecule has 5 nitrogen and oxygen atoms in total. The minimum Gasteiger partial charge on any atom is -0.392 e. The molecule has 2 aromatic heterocycles. The fourth-order valence-electron chi connectivity index (χ4n) is 3.78. The quantitative estimate of drug-likeness (QED) is 0.258. The number of hydrogen-bond acceptors (Lipinski definition) is 4. The largest absolute Gasteiger partial charge is 0.392 e. The van der Waals surface area contributed by atoms with Crippen LogP contribution in [0.15, 0.2) is 60.9 Å². The van der Waals surface area contributed by atoms with E-state index in [2.05, 4.69) is 40.2 Å². The predicted molar refractivity (Wildman–Crippen MR) is 132 cm³/mol. The van der Waals surface area contributed by atoms with Crippen molar-refractivity contribution >= 4 is 19.1 Å². The Kier molecular flexibility index (Phi) is 7.02. The van der Waals surface area contributed by atoms with Crippen LogP contribution in [0.2, 0.25) is 25.7 Å². The summed E-state index contributed by atoms with van der Waals surface area (Å²) < 4.78 is 21.9. The molecule has 0 unspecified atom stereocenters. The highest BCUT2D eigenvalue weighted by Gasteiger charge is 2.17. The van der Waals surface area contributed by atoms with Crippen molar-refractivity contribution in [3.8, 4) is 11.3 Å². The second kappa shape index (κ2) is 9.95. The molecule has 0 aliphatic carbocycles. The molecule has 0 bridgehead atoms. The van der Waals surface area contributed by atoms with E-state index >= 15 is 0 Å². The van der Waals surface area contributed by atoms with Gasteiger partial charge >= 0.3 is 0 Å². The van der Waals surface area contributed by atoms with Crippen LogP contribution in [0, 0.1) is 5.82 Å². The number of aliphatic hydroxyl groups excluding tert-OH is 1. The average molecular weight is 464 g/mol. The first kappa shape index (κ1) is 23.3. The maximum absolute atomic E-state index is 13.7. The van der Waals surface area contributed by atoms with Crippen LogP contribution in [0.25, 0.3) is 22.3 Å². The number of aromatic nitrogens is 3. The smallest absolute Gasteiger partial charge is 0.145 e. The third kappa shape index (κ3) is 5.74. The van der Waals surface area contributed by atoms with Gasteiger partial charge in [-0.2, -0.15) is 0 Å². The minimum absolute atomic E-state index is 0.00628. The maximum Gasteiger partial charge on any atom is 0.145 e. The summed E-state index contributed by atoms with van der Waals surface area (Å²) in [6, 6.07) is 17.6. The number of halogens is 1. The van der Waals surface area contributed by atoms with Crippen LogP contribution in [0.5, 0.6) is 0 Å². The van der Waals surface area contributed by atoms with Crippen molar-refractivity contribution in [2.24, 2.45) is 0 Å². The minimum atomic E-state index is -1.19. The lowest BCUT2D eigenvalue weighted by atomic mass is 10.1. The maximum atomic E-state index is 13.7. The van der Waals surface area contributed by atoms with Gasteiger partial charge in [-0.3, -0.25) is 0 Å². The average Bonchev–Trinajstić information content (AvgIpc) is 3.16. The number of hydrogen-bond donors (Lipinski definition) is 1. The number of ether oxygens (including phenoxy) is 1. The van der Waals surface area contributed by atoms with Crippen LogP contribution in [-0.2, 0) is 24.5 Å². The van der Waals surface area contributed by atoms with E-state index in [1.54, 1.807) is 18.5 Å². The molecule has 2 aromatic carbocycles. The first-order chi connectivity index (χ1) is 15.8. The zero-order valence-electron chi connectivity index (χ0n) is 19.4. The van der Waals surface area contributed by atoms with Crippen molar-refractivity contribution in [1.29, 1.82) is 0 Å². The van der Waals surface area contributed by atoms with Crippen LogP contribution in [0.4, 0.5) is 4.39 Å². The Morgan fingerprint density at radius 1 is 1.00 bits per heavy atom. The molecule has 2 heterocycles. The van der Waals surface area contributed by atoms with E-state index in [-0.39, 0.29) is 12.4 Å². The second-order valence-electron chi connectivity index (χ2n) is 9.52. The first-order valence-corrected chi connectivity index (χ1v) is 14.9. The van der Waals surface area contributed by atoms with E-state index in [0.717, 1.165) is 45.2 Å². The summed E-state index contributed by atoms with van der Waals surface area (Å²) in [6.45, 7) is 8.11. The Balaban J connectivity index is 1.72. The van der Waals surface area contributed by atoms with Gasteiger partial charge in [0.2, 0.25) is 0 Å². The highest BCUT2D eigenvalue weighted by molar-refractivity contribution is 6.76. The topological polar surface area (TPSA) is 60.2 Å². The van der Waals surface area contributed by atoms with Crippen molar-refractivity contribution in [1.82, 2.24) is 14.5 Å². The molecule has 33 heavy (non-hydrogen) atoms. The van der Waals surface area contributed by atoms with E-state index in [1.165, 1.54) is 6.07 Å². The van der Waals surface area contributed by atoms with Crippen molar-refractivity contribution < 1.29 is 14.2 Å². The molecule has 0 aliphatic heterocycles. The van der Waals surface area contributed by atoms with Crippen molar-refractivity contribution in [3.05, 3.63) is 83.6 Å². The molecule has 0 spiro atoms. The van der Waals surface area contributed by atoms with Gasteiger partial charge in [-0.05, 0) is 40.9 Å². The summed E-state index contributed by atoms with van der Waals surface area (Å²) in [5.74, 6) is -0.254. The number of benzene rings is 2. The van der Waals surface area contributed by atoms with Crippen molar-refractivity contribution in [2.45, 2.75) is 45.4 Å². The molecule has 4 aromatic rings. The standard InChI is InChI=1S/C26H30FN3O2Si/c1-33(2,3)12-11-32-18-30-25(21-9-7-19(16-31)8-10-21)15-23-24(28-17-29-26(23)30)14-20-5-4-6-22(27)13-20/h4-10,13,15,17,31H,11-12,14,16,18H2,1-3H3. The van der Waals surface area contributed by atoms with E-state index in [1.807, 2.05) is 30.3 Å². The third-order valence-corrected chi connectivity index (χ3v) is 7.39. The molecular formula is C26H30FN3O2Si. The predicted octanol–water partition coefficient (Wildman–Crippen LogP) is 5.63. The monoisotopic (exact) mass is 463 g/mol. The zero-order valence-corrected chi connectivity index (χ0v) is 20.4. The molecule has 0 amide bonds. The van der Waals surface area contributed by atoms with E-state index in [9.17, 15) is 9.50 Å². The van der Waals surface area contributed by atoms with E-state index < -0.39 is 8.07 Å². The molecule has 1 N–H and O–H groups in total. The SMILES string of the molecule is C[Si](C)(C)CCOCn1c(-c2ccc(CO)cc2)cc2c(Cc3cccc(F)c3)ncnc21. The van der Waals surface area contributed by atoms with Crippen molar-refractivity contribution in [2.75, 3.05) is 6.61 Å². The summed E-state index contributed by atoms with van der Waals surface area (Å²) in [6.07, 6.45) is 2.08. The molecule has 172 valence electrons. The van der Waals surface area contributed by atoms with Gasteiger partial charge in [-0.25, -0.2) is 14.4 Å². The molecule has 0 fully saturated rings. The van der Waals surface area contributed by atoms with Gasteiger partial charge in [0.1, 0.15) is 24.5 Å². The third-order valence-electron chi connectivity index (χ3n) is 5.68. The lowest BCUT2D eigenvalue weighted by Crippen LogP contribution is -2.22. The second-order valence-corrected chi connectivity index (χ2v) is 15.1. The molecule has 4 rings (SSSR count). The Labute approximate surface area is 194 Å². The Morgan fingerprint density at radius 3 is 2.48 bits per heavy atom. The fourth-order valence-corrected chi connectivity index (χ4v) is 4.54. The van der Waals surface area contributed by atoms with E-state index in [4.69, 9.17) is 4.74 Å². The molecule has 0 atom stereocenters. The normalized spacial score (nSPS) is 11.9. The summed E-state index contributed by atoms with van der Waals surface area (Å²) in [5.41, 5.74) is 5.35. The fraction of sp³-hybridized carbons (Fsp3) is 0.308. The zero-order chi connectivity index (χ0) is 23.4. The molecule has 7 heteroatoms. The summed E-state index contributed by atoms with van der Waals surface area (Å²) in [4.78, 5) is 9.10. The molecule has 0 saturated carbocycles. The first-order valence-electron chi connectivity index (χ1n) is 11.2. The highest BCUT2D eigenvalue weighted by Crippen LogP contribution is 2.30. The molecule has 0 saturated heterocycles. The Hall–Kier alpha value is -2.87. The van der Waals surface area contributed by atoms with Crippen LogP contribution in [0.3, 0.4) is 0 Å². The highest BCUT2D eigenvalue weighted by atomic mass is 28.3. The Morgan fingerprint density at radius 2 is 1.79 bits per heavy atom. The molecule has 0 radical (unpaired) electrons. The van der Waals surface area contributed by atoms with Gasteiger partial charge < -0.3 is 14.4 Å². The van der Waals surface area contributed by atoms with Crippen molar-refractivity contribution in [3.63, 3.8) is 0 Å². The molecular weight excluding hydrogens is 433 g/mol. The van der Waals surface area contributed by atoms with Crippen LogP contribution in [0.1, 0.15) is 16.8 Å². The van der Waals surface area contributed by atoms with Gasteiger partial charge in [-0.1, -0.05) is 56.0 Å². The number of aliphatic hydroxyl groups is 1. The summed E-state index contributed by atoms with van der Waals surface area (Å²) in [5, 5.41) is 10.3. The van der Waals surface area contributed by atoms with Crippen LogP contribution < -0.4 is 0 Å². The van der Waals surface area contributed by atoms with Gasteiger partial charge in [0.05, 0.1) is 18.0 Å². The molecule has 0 aliphatic rings. The van der Waals surface area contributed by atoms with E-state index in [0.29, 0.717) is 19.8 Å². The summed E-state index contributed by atoms with van der Waals surface area (Å²) in [7, 11) is -1.19. The lowest BCUT2D eigenvalue weighted by Gasteiger charge is -2.16. The summed E-state index contributed by atoms with van der Waals surface area (Å²) >= 11 is 0. The van der Waals surface area contributed by atoms with Gasteiger partial charge in [-0.15, -0.1) is 0 Å². The number of nitrogens with zero attached hydrogens (tertiary/aromatic N) is 3.